The number of sulfonamides is 1. The van der Waals surface area contributed by atoms with Crippen LogP contribution in [0.2, 0.25) is 0 Å². The molecule has 1 saturated heterocycles. The summed E-state index contributed by atoms with van der Waals surface area (Å²) in [5, 5.41) is 8.93. The van der Waals surface area contributed by atoms with Gasteiger partial charge in [0.25, 0.3) is 15.9 Å². The van der Waals surface area contributed by atoms with Crippen molar-refractivity contribution in [3.63, 3.8) is 0 Å². The molecule has 1 aromatic heterocycles. The molecule has 1 unspecified atom stereocenters. The van der Waals surface area contributed by atoms with Gasteiger partial charge in [-0.05, 0) is 38.8 Å². The maximum absolute atomic E-state index is 13.0. The summed E-state index contributed by atoms with van der Waals surface area (Å²) >= 11 is 0. The van der Waals surface area contributed by atoms with E-state index in [1.165, 1.54) is 22.3 Å². The maximum Gasteiger partial charge on any atom is 0.309 e. The Hall–Kier alpha value is -3.23. The minimum atomic E-state index is -3.74. The average molecular weight is 488 g/mol. The second-order valence-corrected chi connectivity index (χ2v) is 10.1. The van der Waals surface area contributed by atoms with Gasteiger partial charge in [-0.3, -0.25) is 9.59 Å². The highest BCUT2D eigenvalue weighted by molar-refractivity contribution is 7.89. The topological polar surface area (TPSA) is 126 Å². The van der Waals surface area contributed by atoms with Crippen molar-refractivity contribution >= 4 is 27.6 Å². The van der Waals surface area contributed by atoms with Crippen LogP contribution in [-0.2, 0) is 31.4 Å². The summed E-state index contributed by atoms with van der Waals surface area (Å²) in [6.07, 6.45) is 1.17. The number of carbonyl (C=O) groups is 2. The summed E-state index contributed by atoms with van der Waals surface area (Å²) in [5.41, 5.74) is 0.619. The zero-order chi connectivity index (χ0) is 24.9. The molecule has 0 aliphatic carbocycles. The van der Waals surface area contributed by atoms with E-state index in [0.717, 1.165) is 0 Å². The minimum Gasteiger partial charge on any atom is -0.452 e. The predicted octanol–water partition coefficient (Wildman–Crippen LogP) is 2.01. The van der Waals surface area contributed by atoms with Gasteiger partial charge in [0.15, 0.2) is 11.1 Å². The fraction of sp³-hybridized carbons (Fsp3) is 0.478. The highest BCUT2D eigenvalue weighted by Crippen LogP contribution is 2.25. The van der Waals surface area contributed by atoms with Crippen LogP contribution >= 0.6 is 0 Å². The van der Waals surface area contributed by atoms with E-state index >= 15 is 0 Å². The number of nitrogens with zero attached hydrogens (tertiary/aromatic N) is 5. The van der Waals surface area contributed by atoms with Crippen LogP contribution in [0.4, 0.5) is 5.69 Å². The molecule has 1 amide bonds. The number of para-hydroxylation sites is 1. The molecule has 10 nitrogen and oxygen atoms in total. The Morgan fingerprint density at radius 1 is 1.26 bits per heavy atom. The molecule has 34 heavy (non-hydrogen) atoms. The van der Waals surface area contributed by atoms with E-state index < -0.39 is 33.9 Å². The van der Waals surface area contributed by atoms with E-state index in [1.807, 2.05) is 12.1 Å². The Balaban J connectivity index is 1.59. The number of piperidine rings is 1. The van der Waals surface area contributed by atoms with Crippen LogP contribution < -0.4 is 4.90 Å². The number of amides is 1. The van der Waals surface area contributed by atoms with Gasteiger partial charge in [0.2, 0.25) is 0 Å². The number of benzene rings is 1. The number of carbonyl (C=O) groups excluding carboxylic acids is 2. The van der Waals surface area contributed by atoms with Crippen LogP contribution in [0.25, 0.3) is 0 Å². The van der Waals surface area contributed by atoms with Crippen LogP contribution in [0, 0.1) is 24.2 Å². The molecule has 182 valence electrons. The standard InChI is InChI=1S/C23H29N5O5S/c1-17(22(29)28(13-7-12-24)20-8-5-4-6-9-20)33-23(30)19-10-14-27(15-11-19)34(31,32)21-16-26(3)18(2)25-21/h4-6,8-9,16-17,19H,7,10-11,13-15H2,1-3H3. The molecule has 1 aromatic carbocycles. The number of aromatic nitrogens is 2. The highest BCUT2D eigenvalue weighted by Gasteiger charge is 2.35. The number of aryl methyl sites for hydroxylation is 2. The van der Waals surface area contributed by atoms with Crippen molar-refractivity contribution in [2.45, 2.75) is 44.2 Å². The summed E-state index contributed by atoms with van der Waals surface area (Å²) in [4.78, 5) is 31.3. The largest absolute Gasteiger partial charge is 0.452 e. The summed E-state index contributed by atoms with van der Waals surface area (Å²) in [7, 11) is -2.01. The van der Waals surface area contributed by atoms with Gasteiger partial charge < -0.3 is 14.2 Å². The third kappa shape index (κ3) is 5.63. The lowest BCUT2D eigenvalue weighted by molar-refractivity contribution is -0.159. The predicted molar refractivity (Wildman–Crippen MR) is 124 cm³/mol. The first-order valence-corrected chi connectivity index (χ1v) is 12.5. The third-order valence-electron chi connectivity index (χ3n) is 5.90. The molecule has 1 fully saturated rings. The Morgan fingerprint density at radius 2 is 1.91 bits per heavy atom. The normalized spacial score (nSPS) is 15.9. The molecule has 1 aliphatic heterocycles. The van der Waals surface area contributed by atoms with Crippen molar-refractivity contribution in [1.82, 2.24) is 13.9 Å². The van der Waals surface area contributed by atoms with Gasteiger partial charge >= 0.3 is 5.97 Å². The molecular formula is C23H29N5O5S. The quantitative estimate of drug-likeness (QED) is 0.521. The van der Waals surface area contributed by atoms with E-state index in [0.29, 0.717) is 24.4 Å². The van der Waals surface area contributed by atoms with Gasteiger partial charge in [0.05, 0.1) is 18.4 Å². The van der Waals surface area contributed by atoms with Gasteiger partial charge in [-0.1, -0.05) is 18.2 Å². The first kappa shape index (κ1) is 25.4. The molecule has 2 aromatic rings. The Bertz CT molecular complexity index is 1140. The lowest BCUT2D eigenvalue weighted by atomic mass is 9.98. The maximum atomic E-state index is 13.0. The highest BCUT2D eigenvalue weighted by atomic mass is 32.2. The van der Waals surface area contributed by atoms with E-state index in [-0.39, 0.29) is 31.1 Å². The van der Waals surface area contributed by atoms with Gasteiger partial charge in [0, 0.05) is 38.6 Å². The summed E-state index contributed by atoms with van der Waals surface area (Å²) in [6, 6.07) is 10.9. The van der Waals surface area contributed by atoms with Crippen molar-refractivity contribution in [3.8, 4) is 6.07 Å². The number of ether oxygens (including phenoxy) is 1. The van der Waals surface area contributed by atoms with Gasteiger partial charge in [-0.25, -0.2) is 13.4 Å². The first-order valence-electron chi connectivity index (χ1n) is 11.1. The molecule has 11 heteroatoms. The Morgan fingerprint density at radius 3 is 2.47 bits per heavy atom. The number of rotatable bonds is 8. The molecular weight excluding hydrogens is 458 g/mol. The molecule has 0 saturated carbocycles. The molecule has 0 N–H and O–H groups in total. The zero-order valence-electron chi connectivity index (χ0n) is 19.5. The van der Waals surface area contributed by atoms with Gasteiger partial charge in [-0.2, -0.15) is 9.57 Å². The van der Waals surface area contributed by atoms with Crippen LogP contribution in [0.1, 0.15) is 32.0 Å². The van der Waals surface area contributed by atoms with Crippen molar-refractivity contribution in [2.24, 2.45) is 13.0 Å². The Labute approximate surface area is 199 Å². The van der Waals surface area contributed by atoms with Crippen molar-refractivity contribution in [1.29, 1.82) is 5.26 Å². The van der Waals surface area contributed by atoms with Crippen molar-refractivity contribution < 1.29 is 22.7 Å². The van der Waals surface area contributed by atoms with E-state index in [1.54, 1.807) is 42.8 Å². The van der Waals surface area contributed by atoms with Crippen LogP contribution in [0.15, 0.2) is 41.6 Å². The molecule has 3 rings (SSSR count). The van der Waals surface area contributed by atoms with Gasteiger partial charge in [-0.15, -0.1) is 0 Å². The van der Waals surface area contributed by atoms with Crippen LogP contribution in [-0.4, -0.2) is 59.9 Å². The molecule has 0 radical (unpaired) electrons. The lowest BCUT2D eigenvalue weighted by Crippen LogP contribution is -2.44. The monoisotopic (exact) mass is 487 g/mol. The molecule has 1 aliphatic rings. The number of esters is 1. The molecule has 2 heterocycles. The number of hydrogen-bond donors (Lipinski definition) is 0. The number of imidazole rings is 1. The van der Waals surface area contributed by atoms with Crippen LogP contribution in [0.5, 0.6) is 0 Å². The summed E-state index contributed by atoms with van der Waals surface area (Å²) in [5.74, 6) is -0.855. The average Bonchev–Trinajstić information content (AvgIpc) is 3.18. The number of nitriles is 1. The van der Waals surface area contributed by atoms with Crippen LogP contribution in [0.3, 0.4) is 0 Å². The summed E-state index contributed by atoms with van der Waals surface area (Å²) < 4.78 is 34.1. The van der Waals surface area contributed by atoms with Crippen molar-refractivity contribution in [3.05, 3.63) is 42.4 Å². The third-order valence-corrected chi connectivity index (χ3v) is 7.67. The summed E-state index contributed by atoms with van der Waals surface area (Å²) in [6.45, 7) is 3.75. The molecule has 0 spiro atoms. The fourth-order valence-electron chi connectivity index (χ4n) is 3.79. The zero-order valence-corrected chi connectivity index (χ0v) is 20.4. The molecule has 0 bridgehead atoms. The number of hydrogen-bond acceptors (Lipinski definition) is 7. The van der Waals surface area contributed by atoms with E-state index in [9.17, 15) is 18.0 Å². The second kappa shape index (κ2) is 10.8. The Kier molecular flexibility index (Phi) is 8.06. The van der Waals surface area contributed by atoms with Gasteiger partial charge in [0.1, 0.15) is 5.82 Å². The molecule has 1 atom stereocenters. The smallest absolute Gasteiger partial charge is 0.309 e. The van der Waals surface area contributed by atoms with Crippen molar-refractivity contribution in [2.75, 3.05) is 24.5 Å². The first-order chi connectivity index (χ1) is 16.1. The number of anilines is 1. The second-order valence-electron chi connectivity index (χ2n) is 8.23. The fourth-order valence-corrected chi connectivity index (χ4v) is 5.29. The minimum absolute atomic E-state index is 0.00822. The van der Waals surface area contributed by atoms with E-state index in [4.69, 9.17) is 10.00 Å². The van der Waals surface area contributed by atoms with E-state index in [2.05, 4.69) is 4.98 Å². The SMILES string of the molecule is Cc1nc(S(=O)(=O)N2CCC(C(=O)OC(C)C(=O)N(CCC#N)c3ccccc3)CC2)cn1C. The lowest BCUT2D eigenvalue weighted by Gasteiger charge is -2.30.